The molecule has 0 aliphatic carbocycles. The number of nitrogens with two attached hydrogens (primary N) is 1. The van der Waals surface area contributed by atoms with Gasteiger partial charge < -0.3 is 21.1 Å². The molecule has 302 valence electrons. The number of phosphoric acid groups is 1. The quantitative estimate of drug-likeness (QED) is 0.0279. The fraction of sp³-hybridized carbons (Fsp3) is 0.881. The summed E-state index contributed by atoms with van der Waals surface area (Å²) in [5.41, 5.74) is 5.37. The van der Waals surface area contributed by atoms with Gasteiger partial charge in [0.15, 0.2) is 0 Å². The average molecular weight is 743 g/mol. The van der Waals surface area contributed by atoms with Gasteiger partial charge in [0, 0.05) is 13.0 Å². The molecule has 0 heterocycles. The minimum Gasteiger partial charge on any atom is -0.387 e. The van der Waals surface area contributed by atoms with Crippen molar-refractivity contribution in [1.82, 2.24) is 5.32 Å². The highest BCUT2D eigenvalue weighted by molar-refractivity contribution is 7.47. The fourth-order valence-electron chi connectivity index (χ4n) is 6.27. The molecule has 0 aliphatic heterocycles. The highest BCUT2D eigenvalue weighted by Gasteiger charge is 2.26. The van der Waals surface area contributed by atoms with Crippen LogP contribution >= 0.6 is 7.82 Å². The summed E-state index contributed by atoms with van der Waals surface area (Å²) in [6.07, 6.45) is 43.7. The molecule has 0 rings (SSSR count). The van der Waals surface area contributed by atoms with E-state index < -0.39 is 20.0 Å². The summed E-state index contributed by atoms with van der Waals surface area (Å²) in [7, 11) is -4.34. The lowest BCUT2D eigenvalue weighted by molar-refractivity contribution is -0.123. The third-order valence-corrected chi connectivity index (χ3v) is 10.5. The predicted molar refractivity (Wildman–Crippen MR) is 217 cm³/mol. The number of aliphatic hydroxyl groups excluding tert-OH is 1. The van der Waals surface area contributed by atoms with Gasteiger partial charge in [0.25, 0.3) is 0 Å². The molecule has 9 heteroatoms. The van der Waals surface area contributed by atoms with Crippen LogP contribution in [0, 0.1) is 0 Å². The Bertz CT molecular complexity index is 855. The lowest BCUT2D eigenvalue weighted by Crippen LogP contribution is -2.45. The molecule has 0 aromatic rings. The van der Waals surface area contributed by atoms with Crippen molar-refractivity contribution in [3.63, 3.8) is 0 Å². The predicted octanol–water partition coefficient (Wildman–Crippen LogP) is 11.8. The van der Waals surface area contributed by atoms with Gasteiger partial charge in [0.1, 0.15) is 0 Å². The number of hydrogen-bond donors (Lipinski definition) is 4. The van der Waals surface area contributed by atoms with Crippen LogP contribution in [0.2, 0.25) is 0 Å². The van der Waals surface area contributed by atoms with E-state index in [1.807, 2.05) is 6.08 Å². The summed E-state index contributed by atoms with van der Waals surface area (Å²) >= 11 is 0. The molecule has 0 radical (unpaired) electrons. The summed E-state index contributed by atoms with van der Waals surface area (Å²) in [4.78, 5) is 22.7. The highest BCUT2D eigenvalue weighted by atomic mass is 31.2. The van der Waals surface area contributed by atoms with Crippen molar-refractivity contribution < 1.29 is 28.4 Å². The van der Waals surface area contributed by atoms with Crippen LogP contribution < -0.4 is 11.1 Å². The van der Waals surface area contributed by atoms with Crippen LogP contribution in [0.5, 0.6) is 0 Å². The summed E-state index contributed by atoms with van der Waals surface area (Å²) in [5.74, 6) is -0.202. The second-order valence-corrected chi connectivity index (χ2v) is 16.0. The summed E-state index contributed by atoms with van der Waals surface area (Å²) in [6.45, 7) is 4.12. The summed E-state index contributed by atoms with van der Waals surface area (Å²) in [5, 5.41) is 13.6. The maximum atomic E-state index is 12.7. The third kappa shape index (κ3) is 37.1. The van der Waals surface area contributed by atoms with Gasteiger partial charge in [-0.15, -0.1) is 0 Å². The molecule has 0 spiro atoms. The minimum atomic E-state index is -4.34. The van der Waals surface area contributed by atoms with Gasteiger partial charge in [0.2, 0.25) is 5.91 Å². The van der Waals surface area contributed by atoms with Crippen molar-refractivity contribution in [2.24, 2.45) is 5.73 Å². The van der Waals surface area contributed by atoms with E-state index in [2.05, 4.69) is 31.3 Å². The molecule has 0 aromatic heterocycles. The van der Waals surface area contributed by atoms with Crippen molar-refractivity contribution >= 4 is 13.7 Å². The van der Waals surface area contributed by atoms with E-state index in [-0.39, 0.29) is 25.7 Å². The van der Waals surface area contributed by atoms with Crippen LogP contribution in [0.1, 0.15) is 206 Å². The van der Waals surface area contributed by atoms with Crippen molar-refractivity contribution in [3.8, 4) is 0 Å². The molecule has 0 saturated carbocycles. The largest absolute Gasteiger partial charge is 0.472 e. The lowest BCUT2D eigenvalue weighted by atomic mass is 10.0. The molecule has 0 bridgehead atoms. The first-order valence-electron chi connectivity index (χ1n) is 21.5. The molecular weight excluding hydrogens is 659 g/mol. The normalized spacial score (nSPS) is 14.4. The molecular formula is C42H83N2O6P. The number of nitrogens with one attached hydrogen (secondary N) is 1. The average Bonchev–Trinajstić information content (AvgIpc) is 3.12. The lowest BCUT2D eigenvalue weighted by Gasteiger charge is -2.23. The highest BCUT2D eigenvalue weighted by Crippen LogP contribution is 2.43. The molecule has 0 saturated heterocycles. The first-order chi connectivity index (χ1) is 24.9. The second kappa shape index (κ2) is 38.7. The fourth-order valence-corrected chi connectivity index (χ4v) is 7.03. The van der Waals surface area contributed by atoms with E-state index in [4.69, 9.17) is 14.8 Å². The van der Waals surface area contributed by atoms with E-state index in [9.17, 15) is 19.4 Å². The van der Waals surface area contributed by atoms with Crippen LogP contribution in [-0.4, -0.2) is 47.8 Å². The molecule has 51 heavy (non-hydrogen) atoms. The van der Waals surface area contributed by atoms with E-state index in [1.54, 1.807) is 6.08 Å². The van der Waals surface area contributed by atoms with Gasteiger partial charge in [0.05, 0.1) is 25.4 Å². The molecule has 8 nitrogen and oxygen atoms in total. The Balaban J connectivity index is 4.22. The molecule has 0 fully saturated rings. The zero-order chi connectivity index (χ0) is 37.5. The Kier molecular flexibility index (Phi) is 37.9. The SMILES string of the molecule is CCCCCCCCCC/C=C/CC/C=C/C(O)C(COP(=O)(O)OCCN)NC(=O)CCCCCCCCCCCCCCCCCCCC. The van der Waals surface area contributed by atoms with Crippen molar-refractivity contribution in [2.45, 2.75) is 219 Å². The van der Waals surface area contributed by atoms with E-state index in [0.29, 0.717) is 6.42 Å². The van der Waals surface area contributed by atoms with Crippen LogP contribution in [0.3, 0.4) is 0 Å². The maximum Gasteiger partial charge on any atom is 0.472 e. The number of carbonyl (C=O) groups is 1. The van der Waals surface area contributed by atoms with Crippen LogP contribution in [0.15, 0.2) is 24.3 Å². The zero-order valence-electron chi connectivity index (χ0n) is 33.4. The zero-order valence-corrected chi connectivity index (χ0v) is 34.2. The van der Waals surface area contributed by atoms with Gasteiger partial charge in [-0.05, 0) is 32.1 Å². The summed E-state index contributed by atoms with van der Waals surface area (Å²) in [6, 6.07) is -0.872. The van der Waals surface area contributed by atoms with E-state index in [1.165, 1.54) is 148 Å². The van der Waals surface area contributed by atoms with Crippen molar-refractivity contribution in [1.29, 1.82) is 0 Å². The Morgan fingerprint density at radius 2 is 1.04 bits per heavy atom. The number of rotatable bonds is 40. The second-order valence-electron chi connectivity index (χ2n) is 14.6. The first kappa shape index (κ1) is 50.0. The Hall–Kier alpha value is -1.02. The van der Waals surface area contributed by atoms with Gasteiger partial charge in [-0.3, -0.25) is 13.8 Å². The molecule has 0 aromatic carbocycles. The number of phosphoric ester groups is 1. The van der Waals surface area contributed by atoms with Crippen LogP contribution in [0.4, 0.5) is 0 Å². The van der Waals surface area contributed by atoms with Gasteiger partial charge in [-0.1, -0.05) is 192 Å². The van der Waals surface area contributed by atoms with Crippen molar-refractivity contribution in [2.75, 3.05) is 19.8 Å². The smallest absolute Gasteiger partial charge is 0.387 e. The Labute approximate surface area is 315 Å². The molecule has 3 unspecified atom stereocenters. The number of unbranched alkanes of at least 4 members (excludes halogenated alkanes) is 26. The molecule has 1 amide bonds. The molecule has 0 aliphatic rings. The van der Waals surface area contributed by atoms with E-state index in [0.717, 1.165) is 38.5 Å². The third-order valence-electron chi connectivity index (χ3n) is 9.53. The van der Waals surface area contributed by atoms with Crippen LogP contribution in [-0.2, 0) is 18.4 Å². The Morgan fingerprint density at radius 1 is 0.627 bits per heavy atom. The Morgan fingerprint density at radius 3 is 1.51 bits per heavy atom. The number of allylic oxidation sites excluding steroid dienone is 3. The van der Waals surface area contributed by atoms with Crippen molar-refractivity contribution in [3.05, 3.63) is 24.3 Å². The van der Waals surface area contributed by atoms with Gasteiger partial charge in [-0.2, -0.15) is 0 Å². The van der Waals surface area contributed by atoms with Gasteiger partial charge >= 0.3 is 7.82 Å². The summed E-state index contributed by atoms with van der Waals surface area (Å²) < 4.78 is 22.1. The molecule has 3 atom stereocenters. The number of hydrogen-bond acceptors (Lipinski definition) is 6. The number of amides is 1. The number of aliphatic hydroxyl groups is 1. The molecule has 5 N–H and O–H groups in total. The monoisotopic (exact) mass is 743 g/mol. The maximum absolute atomic E-state index is 12.7. The standard InChI is InChI=1S/C42H83N2O6P/c1-3-5-7-9-11-13-15-17-19-20-21-22-24-26-28-30-32-34-36-42(46)44-40(39-50-51(47,48)49-38-37-43)41(45)35-33-31-29-27-25-23-18-16-14-12-10-8-6-4-2/h25,27,33,35,40-41,45H,3-24,26,28-32,34,36-39,43H2,1-2H3,(H,44,46)(H,47,48)/b27-25+,35-33+. The topological polar surface area (TPSA) is 131 Å². The van der Waals surface area contributed by atoms with Crippen LogP contribution in [0.25, 0.3) is 0 Å². The number of carbonyl (C=O) groups excluding carboxylic acids is 1. The van der Waals surface area contributed by atoms with Gasteiger partial charge in [-0.25, -0.2) is 4.57 Å². The first-order valence-corrected chi connectivity index (χ1v) is 23.0. The minimum absolute atomic E-state index is 0.0758. The van der Waals surface area contributed by atoms with E-state index >= 15 is 0 Å².